The summed E-state index contributed by atoms with van der Waals surface area (Å²) in [4.78, 5) is 28.3. The molecule has 0 bridgehead atoms. The molecule has 2 heterocycles. The molecule has 1 unspecified atom stereocenters. The van der Waals surface area contributed by atoms with Gasteiger partial charge in [-0.25, -0.2) is 0 Å². The van der Waals surface area contributed by atoms with Gasteiger partial charge in [-0.1, -0.05) is 74.5 Å². The summed E-state index contributed by atoms with van der Waals surface area (Å²) in [6.07, 6.45) is 0. The van der Waals surface area contributed by atoms with E-state index in [1.807, 2.05) is 72.8 Å². The molecule has 3 aromatic carbocycles. The fourth-order valence-corrected chi connectivity index (χ4v) is 4.30. The van der Waals surface area contributed by atoms with Crippen molar-refractivity contribution in [2.24, 2.45) is 0 Å². The molecule has 4 aromatic rings. The maximum atomic E-state index is 13.6. The topological polar surface area (TPSA) is 70.8 Å². The third-order valence-electron chi connectivity index (χ3n) is 6.06. The van der Waals surface area contributed by atoms with E-state index in [2.05, 4.69) is 13.8 Å². The lowest BCUT2D eigenvalue weighted by Gasteiger charge is -2.27. The summed E-state index contributed by atoms with van der Waals surface area (Å²) < 4.78 is 5.77. The number of hydrogen-bond acceptors (Lipinski definition) is 4. The third-order valence-corrected chi connectivity index (χ3v) is 6.06. The van der Waals surface area contributed by atoms with Gasteiger partial charge in [0.05, 0.1) is 11.6 Å². The summed E-state index contributed by atoms with van der Waals surface area (Å²) in [5, 5.41) is 11.7. The normalized spacial score (nSPS) is 16.3. The molecule has 1 amide bonds. The van der Waals surface area contributed by atoms with Gasteiger partial charge in [-0.3, -0.25) is 14.5 Å². The van der Waals surface area contributed by atoms with Gasteiger partial charge < -0.3 is 9.52 Å². The summed E-state index contributed by atoms with van der Waals surface area (Å²) in [6.45, 7) is 4.19. The average Bonchev–Trinajstić information content (AvgIpc) is 3.38. The van der Waals surface area contributed by atoms with Gasteiger partial charge >= 0.3 is 0 Å². The van der Waals surface area contributed by atoms with Crippen LogP contribution in [0.2, 0.25) is 0 Å². The summed E-state index contributed by atoms with van der Waals surface area (Å²) in [5.74, 6) is -1.24. The fraction of sp³-hybridized carbons (Fsp3) is 0.143. The quantitative estimate of drug-likeness (QED) is 0.370. The van der Waals surface area contributed by atoms with Crippen LogP contribution < -0.4 is 4.90 Å². The van der Waals surface area contributed by atoms with Crippen LogP contribution in [0.1, 0.15) is 47.5 Å². The lowest BCUT2D eigenvalue weighted by atomic mass is 9.94. The SMILES string of the molecule is CC(C)c1ccc(N2C(=O)C(O)=C(C(=O)c3cc4ccccc4o3)C2c2ccccc2)cc1. The van der Waals surface area contributed by atoms with Crippen molar-refractivity contribution in [1.29, 1.82) is 0 Å². The number of anilines is 1. The Balaban J connectivity index is 1.62. The second-order valence-corrected chi connectivity index (χ2v) is 8.47. The number of carbonyl (C=O) groups excluding carboxylic acids is 2. The number of para-hydroxylation sites is 1. The summed E-state index contributed by atoms with van der Waals surface area (Å²) in [7, 11) is 0. The van der Waals surface area contributed by atoms with E-state index in [4.69, 9.17) is 4.42 Å². The Labute approximate surface area is 191 Å². The van der Waals surface area contributed by atoms with Gasteiger partial charge in [0.1, 0.15) is 5.58 Å². The molecule has 0 spiro atoms. The van der Waals surface area contributed by atoms with Gasteiger partial charge in [-0.15, -0.1) is 0 Å². The fourth-order valence-electron chi connectivity index (χ4n) is 4.30. The van der Waals surface area contributed by atoms with Crippen LogP contribution in [-0.2, 0) is 4.79 Å². The minimum absolute atomic E-state index is 0.0122. The molecule has 33 heavy (non-hydrogen) atoms. The van der Waals surface area contributed by atoms with Crippen molar-refractivity contribution in [3.8, 4) is 0 Å². The molecule has 0 saturated heterocycles. The van der Waals surface area contributed by atoms with E-state index in [1.165, 1.54) is 4.90 Å². The van der Waals surface area contributed by atoms with Crippen molar-refractivity contribution < 1.29 is 19.1 Å². The molecule has 0 fully saturated rings. The van der Waals surface area contributed by atoms with Crippen molar-refractivity contribution in [3.63, 3.8) is 0 Å². The molecule has 1 aromatic heterocycles. The summed E-state index contributed by atoms with van der Waals surface area (Å²) in [5.41, 5.74) is 3.05. The van der Waals surface area contributed by atoms with Crippen LogP contribution in [0.4, 0.5) is 5.69 Å². The third kappa shape index (κ3) is 3.52. The Bertz CT molecular complexity index is 1350. The predicted octanol–water partition coefficient (Wildman–Crippen LogP) is 6.34. The zero-order valence-corrected chi connectivity index (χ0v) is 18.4. The average molecular weight is 437 g/mol. The highest BCUT2D eigenvalue weighted by molar-refractivity contribution is 6.20. The van der Waals surface area contributed by atoms with Gasteiger partial charge in [0, 0.05) is 11.1 Å². The lowest BCUT2D eigenvalue weighted by Crippen LogP contribution is -2.31. The van der Waals surface area contributed by atoms with Gasteiger partial charge in [-0.2, -0.15) is 0 Å². The molecule has 1 aliphatic rings. The molecular weight excluding hydrogens is 414 g/mol. The van der Waals surface area contributed by atoms with E-state index >= 15 is 0 Å². The van der Waals surface area contributed by atoms with Crippen molar-refractivity contribution in [2.75, 3.05) is 4.90 Å². The van der Waals surface area contributed by atoms with E-state index in [9.17, 15) is 14.7 Å². The first-order valence-electron chi connectivity index (χ1n) is 10.9. The minimum atomic E-state index is -0.774. The van der Waals surface area contributed by atoms with Gasteiger partial charge in [-0.05, 0) is 41.3 Å². The van der Waals surface area contributed by atoms with E-state index < -0.39 is 23.5 Å². The molecule has 5 rings (SSSR count). The molecule has 5 nitrogen and oxygen atoms in total. The number of aliphatic hydroxyl groups excluding tert-OH is 1. The van der Waals surface area contributed by atoms with Crippen molar-refractivity contribution >= 4 is 28.3 Å². The largest absolute Gasteiger partial charge is 0.503 e. The molecule has 1 aliphatic heterocycles. The lowest BCUT2D eigenvalue weighted by molar-refractivity contribution is -0.117. The smallest absolute Gasteiger partial charge is 0.294 e. The molecule has 0 radical (unpaired) electrons. The number of benzene rings is 3. The Morgan fingerprint density at radius 1 is 0.939 bits per heavy atom. The number of furan rings is 1. The first-order valence-corrected chi connectivity index (χ1v) is 10.9. The summed E-state index contributed by atoms with van der Waals surface area (Å²) in [6, 6.07) is 25.1. The zero-order valence-electron chi connectivity index (χ0n) is 18.4. The molecule has 1 atom stereocenters. The van der Waals surface area contributed by atoms with Crippen LogP contribution >= 0.6 is 0 Å². The second kappa shape index (κ2) is 8.10. The number of amides is 1. The number of Topliss-reactive ketones (excluding diaryl/α,β-unsaturated/α-hetero) is 1. The number of carbonyl (C=O) groups is 2. The van der Waals surface area contributed by atoms with Crippen molar-refractivity contribution in [3.05, 3.63) is 113 Å². The first-order chi connectivity index (χ1) is 16.0. The highest BCUT2D eigenvalue weighted by Gasteiger charge is 2.45. The molecule has 164 valence electrons. The van der Waals surface area contributed by atoms with Crippen molar-refractivity contribution in [1.82, 2.24) is 0 Å². The number of aliphatic hydroxyl groups is 1. The van der Waals surface area contributed by atoms with Gasteiger partial charge in [0.2, 0.25) is 5.78 Å². The van der Waals surface area contributed by atoms with Crippen LogP contribution in [0.15, 0.2) is 101 Å². The Kier molecular flexibility index (Phi) is 5.09. The van der Waals surface area contributed by atoms with Crippen molar-refractivity contribution in [2.45, 2.75) is 25.8 Å². The summed E-state index contributed by atoms with van der Waals surface area (Å²) >= 11 is 0. The zero-order chi connectivity index (χ0) is 23.1. The standard InChI is InChI=1S/C28H23NO4/c1-17(2)18-12-14-21(15-13-18)29-25(19-8-4-3-5-9-19)24(27(31)28(29)32)26(30)23-16-20-10-6-7-11-22(20)33-23/h3-17,25,31H,1-2H3. The van der Waals surface area contributed by atoms with Gasteiger partial charge in [0.15, 0.2) is 11.5 Å². The monoisotopic (exact) mass is 437 g/mol. The van der Waals surface area contributed by atoms with E-state index in [1.54, 1.807) is 12.1 Å². The Morgan fingerprint density at radius 3 is 2.27 bits per heavy atom. The number of rotatable bonds is 5. The highest BCUT2D eigenvalue weighted by atomic mass is 16.3. The van der Waals surface area contributed by atoms with Crippen LogP contribution in [0.5, 0.6) is 0 Å². The second-order valence-electron chi connectivity index (χ2n) is 8.47. The number of ketones is 1. The molecule has 0 aliphatic carbocycles. The molecular formula is C28H23NO4. The highest BCUT2D eigenvalue weighted by Crippen LogP contribution is 2.42. The van der Waals surface area contributed by atoms with E-state index in [-0.39, 0.29) is 11.3 Å². The minimum Gasteiger partial charge on any atom is -0.503 e. The maximum absolute atomic E-state index is 13.6. The van der Waals surface area contributed by atoms with E-state index in [0.29, 0.717) is 17.2 Å². The Morgan fingerprint density at radius 2 is 1.61 bits per heavy atom. The molecule has 1 N–H and O–H groups in total. The molecule has 5 heteroatoms. The predicted molar refractivity (Wildman–Crippen MR) is 127 cm³/mol. The van der Waals surface area contributed by atoms with Gasteiger partial charge in [0.25, 0.3) is 5.91 Å². The van der Waals surface area contributed by atoms with Crippen LogP contribution in [0.3, 0.4) is 0 Å². The van der Waals surface area contributed by atoms with Crippen LogP contribution in [0, 0.1) is 0 Å². The number of hydrogen-bond donors (Lipinski definition) is 1. The Hall–Kier alpha value is -4.12. The van der Waals surface area contributed by atoms with E-state index in [0.717, 1.165) is 16.5 Å². The number of fused-ring (bicyclic) bond motifs is 1. The van der Waals surface area contributed by atoms with Crippen LogP contribution in [0.25, 0.3) is 11.0 Å². The maximum Gasteiger partial charge on any atom is 0.294 e. The molecule has 0 saturated carbocycles. The number of nitrogens with zero attached hydrogens (tertiary/aromatic N) is 1. The van der Waals surface area contributed by atoms with Crippen LogP contribution in [-0.4, -0.2) is 16.8 Å². The first kappa shape index (κ1) is 20.8.